The zero-order valence-electron chi connectivity index (χ0n) is 18.6. The maximum absolute atomic E-state index is 14.8. The lowest BCUT2D eigenvalue weighted by Gasteiger charge is -2.40. The van der Waals surface area contributed by atoms with Crippen molar-refractivity contribution in [2.24, 2.45) is 0 Å². The third-order valence-corrected chi connectivity index (χ3v) is 7.00. The molecule has 2 atom stereocenters. The first kappa shape index (κ1) is 22.2. The maximum atomic E-state index is 14.8. The number of nitrogens with zero attached hydrogens (tertiary/aromatic N) is 4. The van der Waals surface area contributed by atoms with Gasteiger partial charge in [0.2, 0.25) is 0 Å². The smallest absolute Gasteiger partial charge is 0.261 e. The Morgan fingerprint density at radius 3 is 2.82 bits per heavy atom. The van der Waals surface area contributed by atoms with Gasteiger partial charge in [-0.2, -0.15) is 0 Å². The van der Waals surface area contributed by atoms with E-state index in [0.29, 0.717) is 37.6 Å². The summed E-state index contributed by atoms with van der Waals surface area (Å²) < 4.78 is 21.0. The highest BCUT2D eigenvalue weighted by molar-refractivity contribution is 6.35. The van der Waals surface area contributed by atoms with Crippen LogP contribution < -0.4 is 15.0 Å². The highest BCUT2D eigenvalue weighted by Gasteiger charge is 2.40. The number of ether oxygens (including phenoxy) is 1. The van der Waals surface area contributed by atoms with Crippen LogP contribution >= 0.6 is 11.6 Å². The Kier molecular flexibility index (Phi) is 5.80. The minimum absolute atomic E-state index is 0.0251. The average Bonchev–Trinajstić information content (AvgIpc) is 2.93. The number of nitrogens with one attached hydrogen (secondary N) is 1. The molecule has 2 N–H and O–H groups in total. The molecule has 176 valence electrons. The molecule has 2 fully saturated rings. The predicted molar refractivity (Wildman–Crippen MR) is 124 cm³/mol. The van der Waals surface area contributed by atoms with Gasteiger partial charge in [-0.15, -0.1) is 0 Å². The van der Waals surface area contributed by atoms with Gasteiger partial charge in [0.1, 0.15) is 40.3 Å². The summed E-state index contributed by atoms with van der Waals surface area (Å²) in [6, 6.07) is 3.96. The number of benzene rings is 1. The fraction of sp³-hybridized carbons (Fsp3) is 0.478. The molecule has 1 aromatic carbocycles. The van der Waals surface area contributed by atoms with Crippen molar-refractivity contribution < 1.29 is 19.0 Å². The second-order valence-corrected chi connectivity index (χ2v) is 9.29. The first-order valence-corrected chi connectivity index (χ1v) is 11.6. The number of phenolic OH excluding ortho intramolecular Hbond substituents is 1. The number of carbonyl (C=O) groups excluding carboxylic acids is 1. The quantitative estimate of drug-likeness (QED) is 0.689. The predicted octanol–water partition coefficient (Wildman–Crippen LogP) is 2.19. The molecule has 0 aliphatic carbocycles. The number of aromatic hydroxyl groups is 1. The molecule has 1 aromatic heterocycles. The van der Waals surface area contributed by atoms with Crippen LogP contribution in [-0.2, 0) is 0 Å². The summed E-state index contributed by atoms with van der Waals surface area (Å²) in [5.74, 6) is -0.498. The van der Waals surface area contributed by atoms with Crippen LogP contribution in [0.25, 0.3) is 11.3 Å². The summed E-state index contributed by atoms with van der Waals surface area (Å²) in [4.78, 5) is 24.6. The van der Waals surface area contributed by atoms with Gasteiger partial charge in [-0.25, -0.2) is 9.37 Å². The standard InChI is InChI=1S/C23H27ClFN5O3/c1-13-11-28(2)8-9-29(13)22-18-21(33-12-14-10-26-6-7-30(14)23(18)32)19(24)20(27-22)17-15(25)4-3-5-16(17)31/h3-5,13-14,26,31H,6-12H2,1-2H3/t13-,14+/m0/s1. The van der Waals surface area contributed by atoms with Crippen LogP contribution in [0.15, 0.2) is 18.2 Å². The van der Waals surface area contributed by atoms with Crippen LogP contribution in [0.4, 0.5) is 10.2 Å². The number of carbonyl (C=O) groups is 1. The Balaban J connectivity index is 1.74. The van der Waals surface area contributed by atoms with Crippen molar-refractivity contribution in [3.8, 4) is 22.8 Å². The number of halogens is 2. The van der Waals surface area contributed by atoms with Crippen LogP contribution in [0, 0.1) is 5.82 Å². The zero-order chi connectivity index (χ0) is 23.3. The Labute approximate surface area is 196 Å². The third-order valence-electron chi connectivity index (χ3n) is 6.65. The van der Waals surface area contributed by atoms with Crippen LogP contribution in [-0.4, -0.2) is 90.8 Å². The molecular weight excluding hydrogens is 449 g/mol. The molecule has 2 aromatic rings. The van der Waals surface area contributed by atoms with Gasteiger partial charge in [-0.3, -0.25) is 4.79 Å². The number of piperazine rings is 2. The molecule has 0 spiro atoms. The van der Waals surface area contributed by atoms with Gasteiger partial charge in [0, 0.05) is 45.3 Å². The van der Waals surface area contributed by atoms with E-state index >= 15 is 0 Å². The Morgan fingerprint density at radius 2 is 2.06 bits per heavy atom. The second kappa shape index (κ2) is 8.62. The summed E-state index contributed by atoms with van der Waals surface area (Å²) >= 11 is 6.73. The molecule has 0 radical (unpaired) electrons. The minimum Gasteiger partial charge on any atom is -0.507 e. The van der Waals surface area contributed by atoms with Crippen molar-refractivity contribution in [2.45, 2.75) is 19.0 Å². The van der Waals surface area contributed by atoms with E-state index in [2.05, 4.69) is 22.0 Å². The molecule has 8 nitrogen and oxygen atoms in total. The molecule has 1 amide bonds. The zero-order valence-corrected chi connectivity index (χ0v) is 19.4. The molecule has 10 heteroatoms. The molecule has 3 aliphatic heterocycles. The van der Waals surface area contributed by atoms with Crippen LogP contribution in [0.1, 0.15) is 17.3 Å². The van der Waals surface area contributed by atoms with E-state index in [9.17, 15) is 14.3 Å². The van der Waals surface area contributed by atoms with Gasteiger partial charge < -0.3 is 29.9 Å². The van der Waals surface area contributed by atoms with Gasteiger partial charge in [-0.05, 0) is 26.1 Å². The van der Waals surface area contributed by atoms with Crippen molar-refractivity contribution in [3.63, 3.8) is 0 Å². The number of anilines is 1. The number of phenols is 1. The van der Waals surface area contributed by atoms with E-state index in [-0.39, 0.29) is 52.4 Å². The lowest BCUT2D eigenvalue weighted by molar-refractivity contribution is 0.0606. The monoisotopic (exact) mass is 475 g/mol. The Bertz CT molecular complexity index is 1080. The van der Waals surface area contributed by atoms with Crippen molar-refractivity contribution >= 4 is 23.3 Å². The number of aromatic nitrogens is 1. The summed E-state index contributed by atoms with van der Waals surface area (Å²) in [7, 11) is 2.05. The molecule has 2 saturated heterocycles. The van der Waals surface area contributed by atoms with E-state index in [1.54, 1.807) is 0 Å². The van der Waals surface area contributed by atoms with Gasteiger partial charge in [0.05, 0.1) is 11.6 Å². The highest BCUT2D eigenvalue weighted by atomic mass is 35.5. The number of pyridine rings is 1. The summed E-state index contributed by atoms with van der Waals surface area (Å²) in [5, 5.41) is 13.8. The minimum atomic E-state index is -0.650. The molecule has 5 rings (SSSR count). The lowest BCUT2D eigenvalue weighted by atomic mass is 10.0. The van der Waals surface area contributed by atoms with Gasteiger partial charge in [0.25, 0.3) is 5.91 Å². The van der Waals surface area contributed by atoms with E-state index in [4.69, 9.17) is 21.3 Å². The topological polar surface area (TPSA) is 81.2 Å². The average molecular weight is 476 g/mol. The fourth-order valence-corrected chi connectivity index (χ4v) is 5.22. The summed E-state index contributed by atoms with van der Waals surface area (Å²) in [6.45, 7) is 6.40. The van der Waals surface area contributed by atoms with Gasteiger partial charge in [-0.1, -0.05) is 17.7 Å². The molecule has 0 saturated carbocycles. The van der Waals surface area contributed by atoms with Crippen molar-refractivity contribution in [1.82, 2.24) is 20.1 Å². The number of hydrogen-bond donors (Lipinski definition) is 2. The normalized spacial score (nSPS) is 23.6. The highest BCUT2D eigenvalue weighted by Crippen LogP contribution is 2.46. The number of likely N-dealkylation sites (N-methyl/N-ethyl adjacent to an activating group) is 1. The summed E-state index contributed by atoms with van der Waals surface area (Å²) in [6.07, 6.45) is 0. The van der Waals surface area contributed by atoms with Crippen molar-refractivity contribution in [1.29, 1.82) is 0 Å². The number of fused-ring (bicyclic) bond motifs is 2. The Morgan fingerprint density at radius 1 is 1.24 bits per heavy atom. The molecule has 4 heterocycles. The molecule has 3 aliphatic rings. The summed E-state index contributed by atoms with van der Waals surface area (Å²) in [5.41, 5.74) is 0.270. The molecule has 0 bridgehead atoms. The van der Waals surface area contributed by atoms with E-state index in [1.807, 2.05) is 11.9 Å². The first-order valence-electron chi connectivity index (χ1n) is 11.2. The van der Waals surface area contributed by atoms with E-state index < -0.39 is 5.82 Å². The van der Waals surface area contributed by atoms with E-state index in [1.165, 1.54) is 18.2 Å². The van der Waals surface area contributed by atoms with Gasteiger partial charge in [0.15, 0.2) is 5.75 Å². The van der Waals surface area contributed by atoms with Crippen molar-refractivity contribution in [3.05, 3.63) is 34.6 Å². The Hall–Kier alpha value is -2.62. The van der Waals surface area contributed by atoms with Crippen molar-refractivity contribution in [2.75, 3.05) is 57.8 Å². The maximum Gasteiger partial charge on any atom is 0.261 e. The third kappa shape index (κ3) is 3.78. The number of amides is 1. The van der Waals surface area contributed by atoms with Crippen LogP contribution in [0.5, 0.6) is 11.5 Å². The molecule has 0 unspecified atom stereocenters. The van der Waals surface area contributed by atoms with Crippen LogP contribution in [0.2, 0.25) is 5.02 Å². The largest absolute Gasteiger partial charge is 0.507 e. The van der Waals surface area contributed by atoms with E-state index in [0.717, 1.165) is 13.1 Å². The molecule has 33 heavy (non-hydrogen) atoms. The lowest BCUT2D eigenvalue weighted by Crippen LogP contribution is -2.55. The fourth-order valence-electron chi connectivity index (χ4n) is 4.93. The van der Waals surface area contributed by atoms with Crippen LogP contribution in [0.3, 0.4) is 0 Å². The second-order valence-electron chi connectivity index (χ2n) is 8.91. The number of hydrogen-bond acceptors (Lipinski definition) is 7. The first-order chi connectivity index (χ1) is 15.9. The number of rotatable bonds is 2. The van der Waals surface area contributed by atoms with Gasteiger partial charge >= 0.3 is 0 Å². The molecular formula is C23H27ClFN5O3. The SMILES string of the molecule is C[C@H]1CN(C)CCN1c1nc(-c2c(O)cccc2F)c(Cl)c2c1C(=O)N1CCNC[C@@H]1CO2.